The highest BCUT2D eigenvalue weighted by molar-refractivity contribution is 6.04. The van der Waals surface area contributed by atoms with Crippen LogP contribution in [0.4, 0.5) is 5.69 Å². The quantitative estimate of drug-likeness (QED) is 0.567. The van der Waals surface area contributed by atoms with Crippen molar-refractivity contribution in [3.63, 3.8) is 0 Å². The van der Waals surface area contributed by atoms with Gasteiger partial charge in [-0.15, -0.1) is 0 Å². The van der Waals surface area contributed by atoms with Gasteiger partial charge in [0.2, 0.25) is 5.71 Å². The van der Waals surface area contributed by atoms with Gasteiger partial charge < -0.3 is 9.73 Å². The van der Waals surface area contributed by atoms with E-state index in [9.17, 15) is 14.4 Å². The predicted octanol–water partition coefficient (Wildman–Crippen LogP) is 2.05. The highest BCUT2D eigenvalue weighted by Gasteiger charge is 2.14. The zero-order valence-corrected chi connectivity index (χ0v) is 12.8. The van der Waals surface area contributed by atoms with Crippen LogP contribution in [0.25, 0.3) is 16.7 Å². The first-order valence-corrected chi connectivity index (χ1v) is 7.45. The van der Waals surface area contributed by atoms with Crippen LogP contribution in [0.15, 0.2) is 74.8 Å². The Morgan fingerprint density at radius 2 is 1.80 bits per heavy atom. The van der Waals surface area contributed by atoms with Gasteiger partial charge in [-0.1, -0.05) is 24.3 Å². The second kappa shape index (κ2) is 5.72. The van der Waals surface area contributed by atoms with Crippen molar-refractivity contribution in [2.24, 2.45) is 0 Å². The molecule has 7 heteroatoms. The Balaban J connectivity index is 1.85. The van der Waals surface area contributed by atoms with E-state index in [0.717, 1.165) is 0 Å². The third kappa shape index (κ3) is 2.57. The molecule has 0 bridgehead atoms. The Morgan fingerprint density at radius 1 is 1.04 bits per heavy atom. The topological polar surface area (TPSA) is 93.7 Å². The van der Waals surface area contributed by atoms with Crippen molar-refractivity contribution in [3.8, 4) is 0 Å². The van der Waals surface area contributed by atoms with Gasteiger partial charge in [0.05, 0.1) is 0 Å². The number of hydrogen-bond donors (Lipinski definition) is 1. The molecule has 1 aromatic carbocycles. The number of amides is 1. The lowest BCUT2D eigenvalue weighted by molar-refractivity contribution is 0.102. The highest BCUT2D eigenvalue weighted by Crippen LogP contribution is 2.12. The van der Waals surface area contributed by atoms with E-state index in [1.165, 1.54) is 10.5 Å². The fourth-order valence-corrected chi connectivity index (χ4v) is 2.50. The highest BCUT2D eigenvalue weighted by atomic mass is 16.4. The molecule has 1 amide bonds. The molecular formula is C18H11N3O4. The Kier molecular flexibility index (Phi) is 3.39. The molecule has 1 N–H and O–H groups in total. The fraction of sp³-hybridized carbons (Fsp3) is 0. The van der Waals surface area contributed by atoms with Gasteiger partial charge in [0.15, 0.2) is 0 Å². The normalized spacial score (nSPS) is 10.9. The van der Waals surface area contributed by atoms with E-state index in [1.807, 2.05) is 0 Å². The van der Waals surface area contributed by atoms with E-state index < -0.39 is 11.5 Å². The number of nitrogens with zero attached hydrogens (tertiary/aromatic N) is 2. The number of fused-ring (bicyclic) bond motifs is 2. The summed E-state index contributed by atoms with van der Waals surface area (Å²) in [6, 6.07) is 14.8. The first-order chi connectivity index (χ1) is 12.1. The molecular weight excluding hydrogens is 322 g/mol. The van der Waals surface area contributed by atoms with E-state index in [2.05, 4.69) is 10.3 Å². The predicted molar refractivity (Wildman–Crippen MR) is 91.9 cm³/mol. The summed E-state index contributed by atoms with van der Waals surface area (Å²) in [5, 5.41) is 2.58. The van der Waals surface area contributed by atoms with Crippen LogP contribution in [0.1, 0.15) is 10.4 Å². The zero-order valence-electron chi connectivity index (χ0n) is 12.8. The van der Waals surface area contributed by atoms with Crippen LogP contribution in [-0.4, -0.2) is 15.3 Å². The van der Waals surface area contributed by atoms with Crippen LogP contribution < -0.4 is 16.5 Å². The molecule has 0 spiro atoms. The molecule has 25 heavy (non-hydrogen) atoms. The molecule has 7 nitrogen and oxygen atoms in total. The number of pyridine rings is 1. The minimum atomic E-state index is -0.774. The van der Waals surface area contributed by atoms with E-state index >= 15 is 0 Å². The minimum absolute atomic E-state index is 0.0705. The Morgan fingerprint density at radius 3 is 2.60 bits per heavy atom. The molecule has 4 rings (SSSR count). The maximum absolute atomic E-state index is 12.6. The van der Waals surface area contributed by atoms with E-state index in [-0.39, 0.29) is 22.3 Å². The lowest BCUT2D eigenvalue weighted by atomic mass is 10.2. The summed E-state index contributed by atoms with van der Waals surface area (Å²) in [6.07, 6.45) is 1.57. The molecule has 0 saturated carbocycles. The maximum Gasteiger partial charge on any atom is 0.361 e. The number of carbonyl (C=O) groups excluding carboxylic acids is 1. The molecule has 3 aromatic heterocycles. The van der Waals surface area contributed by atoms with Gasteiger partial charge in [-0.25, -0.2) is 4.79 Å². The SMILES string of the molecule is O=C(Nc1cc2c(=O)n3ccccc3nc2oc1=O)c1ccccc1. The maximum atomic E-state index is 12.6. The van der Waals surface area contributed by atoms with Gasteiger partial charge >= 0.3 is 5.63 Å². The number of hydrogen-bond acceptors (Lipinski definition) is 5. The second-order valence-electron chi connectivity index (χ2n) is 5.33. The molecule has 0 radical (unpaired) electrons. The standard InChI is InChI=1S/C18H11N3O4/c22-15(11-6-2-1-3-7-11)19-13-10-12-16(25-18(13)24)20-14-8-4-5-9-21(14)17(12)23/h1-10H,(H,19,22). The molecule has 0 saturated heterocycles. The lowest BCUT2D eigenvalue weighted by Gasteiger charge is -2.06. The number of rotatable bonds is 2. The number of nitrogens with one attached hydrogen (secondary N) is 1. The largest absolute Gasteiger partial charge is 0.402 e. The molecule has 0 atom stereocenters. The second-order valence-corrected chi connectivity index (χ2v) is 5.33. The molecule has 0 unspecified atom stereocenters. The first-order valence-electron chi connectivity index (χ1n) is 7.45. The smallest absolute Gasteiger partial charge is 0.361 e. The number of benzene rings is 1. The number of anilines is 1. The lowest BCUT2D eigenvalue weighted by Crippen LogP contribution is -2.20. The zero-order chi connectivity index (χ0) is 17.4. The summed E-state index contributed by atoms with van der Waals surface area (Å²) >= 11 is 0. The summed E-state index contributed by atoms with van der Waals surface area (Å²) in [7, 11) is 0. The van der Waals surface area contributed by atoms with Crippen LogP contribution in [-0.2, 0) is 0 Å². The third-order valence-corrected chi connectivity index (χ3v) is 3.72. The molecule has 0 aliphatic rings. The van der Waals surface area contributed by atoms with Crippen LogP contribution >= 0.6 is 0 Å². The van der Waals surface area contributed by atoms with Crippen molar-refractivity contribution < 1.29 is 9.21 Å². The molecule has 0 aliphatic heterocycles. The molecule has 3 heterocycles. The first kappa shape index (κ1) is 14.8. The van der Waals surface area contributed by atoms with Crippen molar-refractivity contribution in [2.45, 2.75) is 0 Å². The van der Waals surface area contributed by atoms with Crippen LogP contribution in [0.2, 0.25) is 0 Å². The molecule has 122 valence electrons. The Labute approximate surface area is 140 Å². The minimum Gasteiger partial charge on any atom is -0.402 e. The molecule has 0 fully saturated rings. The van der Waals surface area contributed by atoms with E-state index in [1.54, 1.807) is 54.7 Å². The van der Waals surface area contributed by atoms with Gasteiger partial charge in [-0.3, -0.25) is 14.0 Å². The molecule has 4 aromatic rings. The van der Waals surface area contributed by atoms with Crippen LogP contribution in [0, 0.1) is 0 Å². The summed E-state index contributed by atoms with van der Waals surface area (Å²) < 4.78 is 6.46. The van der Waals surface area contributed by atoms with E-state index in [4.69, 9.17) is 4.42 Å². The van der Waals surface area contributed by atoms with Crippen molar-refractivity contribution >= 4 is 28.3 Å². The van der Waals surface area contributed by atoms with Gasteiger partial charge in [-0.05, 0) is 30.3 Å². The summed E-state index contributed by atoms with van der Waals surface area (Å²) in [5.41, 5.74) is -0.599. The Bertz CT molecular complexity index is 1230. The van der Waals surface area contributed by atoms with Gasteiger partial charge in [0.25, 0.3) is 11.5 Å². The summed E-state index contributed by atoms with van der Waals surface area (Å²) in [6.45, 7) is 0. The van der Waals surface area contributed by atoms with Crippen molar-refractivity contribution in [1.82, 2.24) is 9.38 Å². The fourth-order valence-electron chi connectivity index (χ4n) is 2.50. The monoisotopic (exact) mass is 333 g/mol. The van der Waals surface area contributed by atoms with Crippen LogP contribution in [0.5, 0.6) is 0 Å². The van der Waals surface area contributed by atoms with Crippen LogP contribution in [0.3, 0.4) is 0 Å². The molecule has 0 aliphatic carbocycles. The third-order valence-electron chi connectivity index (χ3n) is 3.72. The van der Waals surface area contributed by atoms with Crippen molar-refractivity contribution in [1.29, 1.82) is 0 Å². The average Bonchev–Trinajstić information content (AvgIpc) is 2.64. The number of carbonyl (C=O) groups is 1. The summed E-state index contributed by atoms with van der Waals surface area (Å²) in [5.74, 6) is -0.471. The number of aromatic nitrogens is 2. The van der Waals surface area contributed by atoms with Gasteiger partial charge in [0, 0.05) is 11.8 Å². The summed E-state index contributed by atoms with van der Waals surface area (Å²) in [4.78, 5) is 41.0. The van der Waals surface area contributed by atoms with Crippen molar-refractivity contribution in [2.75, 3.05) is 5.32 Å². The Hall–Kier alpha value is -3.74. The van der Waals surface area contributed by atoms with Gasteiger partial charge in [0.1, 0.15) is 16.7 Å². The van der Waals surface area contributed by atoms with Crippen molar-refractivity contribution in [3.05, 3.63) is 87.1 Å². The van der Waals surface area contributed by atoms with E-state index in [0.29, 0.717) is 11.2 Å². The van der Waals surface area contributed by atoms with Gasteiger partial charge in [-0.2, -0.15) is 4.98 Å². The average molecular weight is 333 g/mol.